The summed E-state index contributed by atoms with van der Waals surface area (Å²) in [6.45, 7) is 1.83. The van der Waals surface area contributed by atoms with Crippen molar-refractivity contribution in [1.82, 2.24) is 10.3 Å². The Morgan fingerprint density at radius 2 is 2.19 bits per heavy atom. The first-order valence-electron chi connectivity index (χ1n) is 7.68. The highest BCUT2D eigenvalue weighted by atomic mass is 16.5. The van der Waals surface area contributed by atoms with Gasteiger partial charge in [-0.3, -0.25) is 0 Å². The minimum atomic E-state index is 0.807. The van der Waals surface area contributed by atoms with Gasteiger partial charge in [-0.2, -0.15) is 0 Å². The maximum absolute atomic E-state index is 5.39. The van der Waals surface area contributed by atoms with E-state index < -0.39 is 0 Å². The van der Waals surface area contributed by atoms with Gasteiger partial charge in [0.15, 0.2) is 0 Å². The van der Waals surface area contributed by atoms with Crippen LogP contribution in [-0.4, -0.2) is 18.6 Å². The summed E-state index contributed by atoms with van der Waals surface area (Å²) in [5.74, 6) is 0.838. The molecule has 0 saturated heterocycles. The number of pyridine rings is 1. The van der Waals surface area contributed by atoms with Crippen LogP contribution in [0.3, 0.4) is 0 Å². The second-order valence-corrected chi connectivity index (χ2v) is 5.52. The van der Waals surface area contributed by atoms with Crippen LogP contribution < -0.4 is 10.1 Å². The highest BCUT2D eigenvalue weighted by Crippen LogP contribution is 2.23. The van der Waals surface area contributed by atoms with Gasteiger partial charge in [-0.25, -0.2) is 4.98 Å². The molecule has 0 unspecified atom stereocenters. The smallest absolute Gasteiger partial charge is 0.145 e. The van der Waals surface area contributed by atoms with Crippen molar-refractivity contribution in [2.45, 2.75) is 32.2 Å². The zero-order chi connectivity index (χ0) is 14.5. The molecule has 0 radical (unpaired) electrons. The number of hydrogen-bond donors (Lipinski definition) is 1. The van der Waals surface area contributed by atoms with Gasteiger partial charge < -0.3 is 10.1 Å². The molecule has 3 heteroatoms. The minimum absolute atomic E-state index is 0.807. The molecule has 1 aliphatic rings. The summed E-state index contributed by atoms with van der Waals surface area (Å²) in [7, 11) is 1.69. The Kier molecular flexibility index (Phi) is 4.51. The molecule has 0 fully saturated rings. The topological polar surface area (TPSA) is 34.1 Å². The highest BCUT2D eigenvalue weighted by molar-refractivity contribution is 5.84. The molecule has 0 spiro atoms. The monoisotopic (exact) mass is 282 g/mol. The molecule has 1 heterocycles. The molecule has 0 atom stereocenters. The number of hydrogen-bond acceptors (Lipinski definition) is 3. The van der Waals surface area contributed by atoms with Crippen LogP contribution in [0.2, 0.25) is 0 Å². The van der Waals surface area contributed by atoms with Crippen molar-refractivity contribution in [3.05, 3.63) is 47.7 Å². The lowest BCUT2D eigenvalue weighted by molar-refractivity contribution is 0.418. The van der Waals surface area contributed by atoms with Crippen LogP contribution in [0.4, 0.5) is 0 Å². The van der Waals surface area contributed by atoms with Crippen molar-refractivity contribution in [2.24, 2.45) is 0 Å². The van der Waals surface area contributed by atoms with E-state index in [1.807, 2.05) is 12.1 Å². The zero-order valence-electron chi connectivity index (χ0n) is 12.6. The van der Waals surface area contributed by atoms with Crippen LogP contribution in [0.25, 0.3) is 10.9 Å². The SMILES string of the molecule is COc1cccc2ccc(CNCCC3=CCCC3)nc12. The number of allylic oxidation sites excluding steroid dienone is 1. The number of nitrogens with one attached hydrogen (secondary N) is 1. The van der Waals surface area contributed by atoms with Gasteiger partial charge in [0.05, 0.1) is 12.8 Å². The molecular formula is C18H22N2O. The van der Waals surface area contributed by atoms with E-state index in [1.165, 1.54) is 19.3 Å². The zero-order valence-corrected chi connectivity index (χ0v) is 12.6. The maximum Gasteiger partial charge on any atom is 0.145 e. The van der Waals surface area contributed by atoms with Gasteiger partial charge in [0.25, 0.3) is 0 Å². The van der Waals surface area contributed by atoms with Crippen molar-refractivity contribution in [3.8, 4) is 5.75 Å². The lowest BCUT2D eigenvalue weighted by atomic mass is 10.1. The quantitative estimate of drug-likeness (QED) is 0.646. The van der Waals surface area contributed by atoms with E-state index in [0.717, 1.165) is 41.9 Å². The predicted molar refractivity (Wildman–Crippen MR) is 86.6 cm³/mol. The van der Waals surface area contributed by atoms with Crippen LogP contribution in [0, 0.1) is 0 Å². The highest BCUT2D eigenvalue weighted by Gasteiger charge is 2.05. The van der Waals surface area contributed by atoms with Crippen molar-refractivity contribution in [1.29, 1.82) is 0 Å². The molecule has 1 aromatic heterocycles. The van der Waals surface area contributed by atoms with Crippen LogP contribution in [0.5, 0.6) is 5.75 Å². The van der Waals surface area contributed by atoms with Crippen LogP contribution in [0.15, 0.2) is 42.0 Å². The lowest BCUT2D eigenvalue weighted by Gasteiger charge is -2.08. The Labute approximate surface area is 126 Å². The van der Waals surface area contributed by atoms with Gasteiger partial charge in [0.2, 0.25) is 0 Å². The molecule has 1 N–H and O–H groups in total. The Hall–Kier alpha value is -1.87. The van der Waals surface area contributed by atoms with E-state index in [4.69, 9.17) is 9.72 Å². The molecule has 0 amide bonds. The molecule has 110 valence electrons. The Bertz CT molecular complexity index is 649. The number of para-hydroxylation sites is 1. The van der Waals surface area contributed by atoms with Gasteiger partial charge in [-0.05, 0) is 44.4 Å². The summed E-state index contributed by atoms with van der Waals surface area (Å²) in [6, 6.07) is 10.2. The normalized spacial score (nSPS) is 14.4. The standard InChI is InChI=1S/C18H22N2O/c1-21-17-8-4-7-15-9-10-16(20-18(15)17)13-19-12-11-14-5-2-3-6-14/h4-5,7-10,19H,2-3,6,11-13H2,1H3. The predicted octanol–water partition coefficient (Wildman–Crippen LogP) is 3.83. The third kappa shape index (κ3) is 3.42. The summed E-state index contributed by atoms with van der Waals surface area (Å²) in [5, 5.41) is 4.61. The second-order valence-electron chi connectivity index (χ2n) is 5.52. The Balaban J connectivity index is 1.61. The molecule has 3 rings (SSSR count). The second kappa shape index (κ2) is 6.72. The Morgan fingerprint density at radius 1 is 1.24 bits per heavy atom. The number of benzene rings is 1. The van der Waals surface area contributed by atoms with Crippen LogP contribution >= 0.6 is 0 Å². The van der Waals surface area contributed by atoms with Gasteiger partial charge in [0, 0.05) is 11.9 Å². The van der Waals surface area contributed by atoms with Gasteiger partial charge in [0.1, 0.15) is 11.3 Å². The number of fused-ring (bicyclic) bond motifs is 1. The third-order valence-corrected chi connectivity index (χ3v) is 4.02. The maximum atomic E-state index is 5.39. The fraction of sp³-hybridized carbons (Fsp3) is 0.389. The van der Waals surface area contributed by atoms with E-state index in [-0.39, 0.29) is 0 Å². The summed E-state index contributed by atoms with van der Waals surface area (Å²) in [5.41, 5.74) is 3.61. The molecule has 0 aliphatic heterocycles. The molecule has 1 aromatic carbocycles. The minimum Gasteiger partial charge on any atom is -0.494 e. The molecule has 3 nitrogen and oxygen atoms in total. The third-order valence-electron chi connectivity index (χ3n) is 4.02. The van der Waals surface area contributed by atoms with Crippen LogP contribution in [0.1, 0.15) is 31.4 Å². The molecule has 0 bridgehead atoms. The number of aromatic nitrogens is 1. The molecule has 2 aromatic rings. The fourth-order valence-electron chi connectivity index (χ4n) is 2.85. The molecule has 1 aliphatic carbocycles. The molecule has 21 heavy (non-hydrogen) atoms. The van der Waals surface area contributed by atoms with E-state index in [2.05, 4.69) is 29.6 Å². The number of rotatable bonds is 6. The summed E-state index contributed by atoms with van der Waals surface area (Å²) < 4.78 is 5.39. The largest absolute Gasteiger partial charge is 0.494 e. The Morgan fingerprint density at radius 3 is 3.00 bits per heavy atom. The van der Waals surface area contributed by atoms with E-state index in [9.17, 15) is 0 Å². The average molecular weight is 282 g/mol. The van der Waals surface area contributed by atoms with Gasteiger partial charge >= 0.3 is 0 Å². The first-order valence-corrected chi connectivity index (χ1v) is 7.68. The summed E-state index contributed by atoms with van der Waals surface area (Å²) >= 11 is 0. The first-order chi connectivity index (χ1) is 10.4. The summed E-state index contributed by atoms with van der Waals surface area (Å²) in [6.07, 6.45) is 7.44. The van der Waals surface area contributed by atoms with Gasteiger partial charge in [-0.1, -0.05) is 29.8 Å². The van der Waals surface area contributed by atoms with E-state index in [0.29, 0.717) is 0 Å². The van der Waals surface area contributed by atoms with E-state index in [1.54, 1.807) is 12.7 Å². The van der Waals surface area contributed by atoms with Gasteiger partial charge in [-0.15, -0.1) is 0 Å². The van der Waals surface area contributed by atoms with Crippen LogP contribution in [-0.2, 0) is 6.54 Å². The fourth-order valence-corrected chi connectivity index (χ4v) is 2.85. The van der Waals surface area contributed by atoms with E-state index >= 15 is 0 Å². The van der Waals surface area contributed by atoms with Crippen molar-refractivity contribution in [2.75, 3.05) is 13.7 Å². The van der Waals surface area contributed by atoms with Crippen molar-refractivity contribution in [3.63, 3.8) is 0 Å². The first kappa shape index (κ1) is 14.1. The van der Waals surface area contributed by atoms with Crippen molar-refractivity contribution >= 4 is 10.9 Å². The summed E-state index contributed by atoms with van der Waals surface area (Å²) in [4.78, 5) is 4.71. The molecular weight excluding hydrogens is 260 g/mol. The van der Waals surface area contributed by atoms with Crippen molar-refractivity contribution < 1.29 is 4.74 Å². The number of nitrogens with zero attached hydrogens (tertiary/aromatic N) is 1. The lowest BCUT2D eigenvalue weighted by Crippen LogP contribution is -2.16. The number of ether oxygens (including phenoxy) is 1. The average Bonchev–Trinajstić information content (AvgIpc) is 3.04. The number of methoxy groups -OCH3 is 1. The molecule has 0 saturated carbocycles.